The van der Waals surface area contributed by atoms with Crippen molar-refractivity contribution in [2.24, 2.45) is 0 Å². The second-order valence-corrected chi connectivity index (χ2v) is 5.19. The molecule has 8 heteroatoms. The summed E-state index contributed by atoms with van der Waals surface area (Å²) in [6, 6.07) is -0.547. The van der Waals surface area contributed by atoms with E-state index >= 15 is 0 Å². The number of nitrogens with one attached hydrogen (secondary N) is 1. The van der Waals surface area contributed by atoms with E-state index in [4.69, 9.17) is 0 Å². The van der Waals surface area contributed by atoms with Crippen LogP contribution in [-0.4, -0.2) is 37.0 Å². The van der Waals surface area contributed by atoms with Crippen molar-refractivity contribution in [3.05, 3.63) is 26.3 Å². The summed E-state index contributed by atoms with van der Waals surface area (Å²) >= 11 is 1.14. The van der Waals surface area contributed by atoms with Gasteiger partial charge >= 0.3 is 5.69 Å². The molecule has 2 aromatic rings. The minimum atomic E-state index is -1.02. The Balaban J connectivity index is 2.26. The smallest absolute Gasteiger partial charge is 0.330 e. The molecule has 2 aromatic heterocycles. The highest BCUT2D eigenvalue weighted by molar-refractivity contribution is 7.16. The van der Waals surface area contributed by atoms with Gasteiger partial charge in [0.15, 0.2) is 5.65 Å². The van der Waals surface area contributed by atoms with Crippen LogP contribution in [0.25, 0.3) is 10.3 Å². The molecule has 7 nitrogen and oxygen atoms in total. The van der Waals surface area contributed by atoms with E-state index in [2.05, 4.69) is 9.97 Å². The topological polar surface area (TPSA) is 108 Å². The largest absolute Gasteiger partial charge is 0.390 e. The lowest BCUT2D eigenvalue weighted by Gasteiger charge is -2.18. The SMILES string of the molecule is O=c1[nH]c(=O)n([C@@H]2CC[C@@H](O)[C@H]2O)c2ncsc12. The fourth-order valence-corrected chi connectivity index (χ4v) is 3.08. The van der Waals surface area contributed by atoms with Crippen molar-refractivity contribution in [2.45, 2.75) is 31.1 Å². The molecule has 3 N–H and O–H groups in total. The lowest BCUT2D eigenvalue weighted by molar-refractivity contribution is 0.0234. The van der Waals surface area contributed by atoms with Crippen LogP contribution in [0, 0.1) is 0 Å². The Kier molecular flexibility index (Phi) is 2.58. The average molecular weight is 269 g/mol. The average Bonchev–Trinajstić information content (AvgIpc) is 2.91. The van der Waals surface area contributed by atoms with Gasteiger partial charge in [-0.1, -0.05) is 0 Å². The Morgan fingerprint density at radius 1 is 1.39 bits per heavy atom. The van der Waals surface area contributed by atoms with Crippen LogP contribution in [0.5, 0.6) is 0 Å². The zero-order chi connectivity index (χ0) is 12.9. The molecular weight excluding hydrogens is 258 g/mol. The van der Waals surface area contributed by atoms with Gasteiger partial charge < -0.3 is 10.2 Å². The Bertz CT molecular complexity index is 703. The van der Waals surface area contributed by atoms with Crippen molar-refractivity contribution in [3.63, 3.8) is 0 Å². The summed E-state index contributed by atoms with van der Waals surface area (Å²) in [5.41, 5.74) is 0.679. The van der Waals surface area contributed by atoms with Gasteiger partial charge in [-0.25, -0.2) is 9.78 Å². The summed E-state index contributed by atoms with van der Waals surface area (Å²) in [7, 11) is 0. The first kappa shape index (κ1) is 11.6. The van der Waals surface area contributed by atoms with Crippen LogP contribution in [0.15, 0.2) is 15.1 Å². The molecule has 3 atom stereocenters. The summed E-state index contributed by atoms with van der Waals surface area (Å²) in [5.74, 6) is 0. The van der Waals surface area contributed by atoms with Crippen LogP contribution in [0.3, 0.4) is 0 Å². The lowest BCUT2D eigenvalue weighted by Crippen LogP contribution is -2.37. The molecule has 1 aliphatic carbocycles. The van der Waals surface area contributed by atoms with Crippen molar-refractivity contribution in [2.75, 3.05) is 0 Å². The fourth-order valence-electron chi connectivity index (χ4n) is 2.41. The first-order chi connectivity index (χ1) is 8.59. The van der Waals surface area contributed by atoms with E-state index in [1.54, 1.807) is 0 Å². The second kappa shape index (κ2) is 4.01. The summed E-state index contributed by atoms with van der Waals surface area (Å²) in [5, 5.41) is 19.4. The summed E-state index contributed by atoms with van der Waals surface area (Å²) < 4.78 is 1.62. The first-order valence-electron chi connectivity index (χ1n) is 5.53. The van der Waals surface area contributed by atoms with E-state index in [1.807, 2.05) is 0 Å². The number of hydrogen-bond donors (Lipinski definition) is 3. The highest BCUT2D eigenvalue weighted by Gasteiger charge is 2.36. The van der Waals surface area contributed by atoms with Crippen molar-refractivity contribution in [1.82, 2.24) is 14.5 Å². The van der Waals surface area contributed by atoms with Crippen molar-refractivity contribution < 1.29 is 10.2 Å². The molecule has 0 radical (unpaired) electrons. The third-order valence-electron chi connectivity index (χ3n) is 3.30. The molecular formula is C10H11N3O4S. The molecule has 0 spiro atoms. The van der Waals surface area contributed by atoms with Crippen molar-refractivity contribution in [1.29, 1.82) is 0 Å². The maximum atomic E-state index is 11.9. The molecule has 1 aliphatic rings. The van der Waals surface area contributed by atoms with Crippen molar-refractivity contribution >= 4 is 21.7 Å². The lowest BCUT2D eigenvalue weighted by atomic mass is 10.2. The van der Waals surface area contributed by atoms with E-state index < -0.39 is 29.5 Å². The number of H-pyrrole nitrogens is 1. The molecule has 0 amide bonds. The Morgan fingerprint density at radius 2 is 2.17 bits per heavy atom. The number of thiazole rings is 1. The minimum Gasteiger partial charge on any atom is -0.390 e. The quantitative estimate of drug-likeness (QED) is 0.628. The van der Waals surface area contributed by atoms with Crippen LogP contribution in [0.1, 0.15) is 18.9 Å². The molecule has 2 heterocycles. The highest BCUT2D eigenvalue weighted by atomic mass is 32.1. The predicted molar refractivity (Wildman–Crippen MR) is 64.8 cm³/mol. The molecule has 0 unspecified atom stereocenters. The molecule has 0 aliphatic heterocycles. The number of aromatic amines is 1. The third kappa shape index (κ3) is 1.53. The standard InChI is InChI=1S/C10H11N3O4S/c14-5-2-1-4(6(5)15)13-8-7(18-3-11-8)9(16)12-10(13)17/h3-6,14-15H,1-2H2,(H,12,16,17)/t4-,5-,6+/m1/s1. The van der Waals surface area contributed by atoms with Gasteiger partial charge in [0.2, 0.25) is 0 Å². The normalized spacial score (nSPS) is 28.0. The fraction of sp³-hybridized carbons (Fsp3) is 0.500. The molecule has 18 heavy (non-hydrogen) atoms. The van der Waals surface area contributed by atoms with Gasteiger partial charge in [0.25, 0.3) is 5.56 Å². The van der Waals surface area contributed by atoms with Crippen LogP contribution in [0.4, 0.5) is 0 Å². The van der Waals surface area contributed by atoms with E-state index in [0.717, 1.165) is 11.3 Å². The Hall–Kier alpha value is -1.51. The molecule has 96 valence electrons. The maximum absolute atomic E-state index is 11.9. The van der Waals surface area contributed by atoms with E-state index in [9.17, 15) is 19.8 Å². The molecule has 0 bridgehead atoms. The van der Waals surface area contributed by atoms with Gasteiger partial charge in [0, 0.05) is 0 Å². The zero-order valence-electron chi connectivity index (χ0n) is 9.24. The van der Waals surface area contributed by atoms with Crippen LogP contribution in [-0.2, 0) is 0 Å². The molecule has 0 aromatic carbocycles. The van der Waals surface area contributed by atoms with Crippen LogP contribution in [0.2, 0.25) is 0 Å². The Labute approximate surface area is 104 Å². The van der Waals surface area contributed by atoms with E-state index in [-0.39, 0.29) is 5.65 Å². The van der Waals surface area contributed by atoms with Gasteiger partial charge in [0.1, 0.15) is 10.8 Å². The number of hydrogen-bond acceptors (Lipinski definition) is 6. The number of fused-ring (bicyclic) bond motifs is 1. The third-order valence-corrected chi connectivity index (χ3v) is 4.12. The molecule has 3 rings (SSSR count). The van der Waals surface area contributed by atoms with Gasteiger partial charge in [-0.05, 0) is 12.8 Å². The maximum Gasteiger partial charge on any atom is 0.330 e. The first-order valence-corrected chi connectivity index (χ1v) is 6.41. The second-order valence-electron chi connectivity index (χ2n) is 4.34. The zero-order valence-corrected chi connectivity index (χ0v) is 10.1. The van der Waals surface area contributed by atoms with E-state index in [1.165, 1.54) is 10.1 Å². The number of aliphatic hydroxyl groups is 2. The molecule has 1 fully saturated rings. The van der Waals surface area contributed by atoms with Gasteiger partial charge in [-0.15, -0.1) is 11.3 Å². The van der Waals surface area contributed by atoms with Gasteiger partial charge in [-0.2, -0.15) is 0 Å². The Morgan fingerprint density at radius 3 is 2.83 bits per heavy atom. The predicted octanol–water partition coefficient (Wildman–Crippen LogP) is -0.797. The number of nitrogens with zero attached hydrogens (tertiary/aromatic N) is 2. The van der Waals surface area contributed by atoms with Gasteiger partial charge in [0.05, 0.1) is 17.7 Å². The summed E-state index contributed by atoms with van der Waals surface area (Å²) in [4.78, 5) is 29.7. The minimum absolute atomic E-state index is 0.270. The number of aromatic nitrogens is 3. The number of rotatable bonds is 1. The highest BCUT2D eigenvalue weighted by Crippen LogP contribution is 2.31. The van der Waals surface area contributed by atoms with Gasteiger partial charge in [-0.3, -0.25) is 14.3 Å². The van der Waals surface area contributed by atoms with E-state index in [0.29, 0.717) is 17.5 Å². The number of aliphatic hydroxyl groups excluding tert-OH is 2. The summed E-state index contributed by atoms with van der Waals surface area (Å²) in [6.07, 6.45) is -0.967. The summed E-state index contributed by atoms with van der Waals surface area (Å²) in [6.45, 7) is 0. The van der Waals surface area contributed by atoms with Crippen molar-refractivity contribution in [3.8, 4) is 0 Å². The van der Waals surface area contributed by atoms with Crippen LogP contribution < -0.4 is 11.2 Å². The van der Waals surface area contributed by atoms with Crippen LogP contribution >= 0.6 is 11.3 Å². The molecule has 1 saturated carbocycles. The molecule has 0 saturated heterocycles. The monoisotopic (exact) mass is 269 g/mol.